The zero-order valence-electron chi connectivity index (χ0n) is 7.06. The van der Waals surface area contributed by atoms with Crippen LogP contribution in [0, 0.1) is 11.8 Å². The third-order valence-electron chi connectivity index (χ3n) is 2.44. The first kappa shape index (κ1) is 11.9. The fourth-order valence-corrected chi connectivity index (χ4v) is 2.46. The number of rotatable bonds is 2. The first-order chi connectivity index (χ1) is 4.86. The molecule has 0 aromatic carbocycles. The van der Waals surface area contributed by atoms with Gasteiger partial charge in [0.25, 0.3) is 0 Å². The number of hydrogen-bond donors (Lipinski definition) is 0. The Morgan fingerprint density at radius 2 is 1.82 bits per heavy atom. The van der Waals surface area contributed by atoms with E-state index in [-0.39, 0.29) is 9.90 Å². The van der Waals surface area contributed by atoms with E-state index in [1.54, 1.807) is 0 Å². The summed E-state index contributed by atoms with van der Waals surface area (Å²) in [6, 6.07) is 0. The zero-order valence-corrected chi connectivity index (χ0v) is 10.6. The first-order valence-corrected chi connectivity index (χ1v) is 5.58. The summed E-state index contributed by atoms with van der Waals surface area (Å²) in [5.41, 5.74) is 0. The van der Waals surface area contributed by atoms with Crippen molar-refractivity contribution in [2.45, 2.75) is 25.7 Å². The van der Waals surface area contributed by atoms with E-state index in [1.165, 1.54) is 30.1 Å². The molecule has 1 fully saturated rings. The Labute approximate surface area is 87.0 Å². The smallest absolute Gasteiger partial charge is 0.00237 e. The highest BCUT2D eigenvalue weighted by molar-refractivity contribution is 14.1. The molecule has 0 radical (unpaired) electrons. The molecular weight excluding hydrogens is 266 g/mol. The van der Waals surface area contributed by atoms with Crippen LogP contribution in [0.1, 0.15) is 25.7 Å². The molecule has 1 atom stereocenters. The summed E-state index contributed by atoms with van der Waals surface area (Å²) in [7, 11) is 0. The summed E-state index contributed by atoms with van der Waals surface area (Å²) in [6.45, 7) is 3.83. The molecule has 0 amide bonds. The van der Waals surface area contributed by atoms with Gasteiger partial charge in [-0.3, -0.25) is 0 Å². The lowest BCUT2D eigenvalue weighted by Gasteiger charge is -2.24. The van der Waals surface area contributed by atoms with Gasteiger partial charge in [-0.1, -0.05) is 28.7 Å². The maximum absolute atomic E-state index is 3.83. The third kappa shape index (κ3) is 3.89. The predicted molar refractivity (Wildman–Crippen MR) is 65.6 cm³/mol. The maximum atomic E-state index is 3.83. The Kier molecular flexibility index (Phi) is 6.94. The summed E-state index contributed by atoms with van der Waals surface area (Å²) >= 11 is 2.50. The van der Waals surface area contributed by atoms with E-state index < -0.39 is 0 Å². The molecule has 0 bridgehead atoms. The average Bonchev–Trinajstić information content (AvgIpc) is 2.05. The summed E-state index contributed by atoms with van der Waals surface area (Å²) in [5.74, 6) is 1.84. The standard InChI is InChI=1S/C9H15I.H3P/c1-2-8-3-5-9(7-10)6-4-8;/h2,8-9H,1,3-7H2;1H3. The molecule has 1 aliphatic rings. The van der Waals surface area contributed by atoms with Gasteiger partial charge in [0.15, 0.2) is 0 Å². The molecule has 0 aromatic heterocycles. The number of halogens is 1. The molecule has 1 rings (SSSR count). The van der Waals surface area contributed by atoms with Crippen molar-refractivity contribution in [2.75, 3.05) is 4.43 Å². The molecule has 1 saturated carbocycles. The quantitative estimate of drug-likeness (QED) is 0.315. The minimum absolute atomic E-state index is 0. The first-order valence-electron chi connectivity index (χ1n) is 4.05. The molecule has 66 valence electrons. The van der Waals surface area contributed by atoms with E-state index in [4.69, 9.17) is 0 Å². The van der Waals surface area contributed by atoms with Crippen molar-refractivity contribution < 1.29 is 0 Å². The molecule has 1 aliphatic carbocycles. The van der Waals surface area contributed by atoms with Crippen molar-refractivity contribution in [1.29, 1.82) is 0 Å². The molecule has 11 heavy (non-hydrogen) atoms. The topological polar surface area (TPSA) is 0 Å². The monoisotopic (exact) mass is 284 g/mol. The van der Waals surface area contributed by atoms with E-state index in [0.717, 1.165) is 11.8 Å². The maximum Gasteiger partial charge on any atom is 0.00237 e. The van der Waals surface area contributed by atoms with Crippen molar-refractivity contribution in [3.8, 4) is 0 Å². The second-order valence-corrected chi connectivity index (χ2v) is 4.05. The van der Waals surface area contributed by atoms with Gasteiger partial charge in [-0.2, -0.15) is 9.90 Å². The van der Waals surface area contributed by atoms with Crippen LogP contribution in [0.25, 0.3) is 0 Å². The van der Waals surface area contributed by atoms with Gasteiger partial charge in [-0.25, -0.2) is 0 Å². The normalized spacial score (nSPS) is 30.6. The van der Waals surface area contributed by atoms with Crippen LogP contribution in [0.5, 0.6) is 0 Å². The van der Waals surface area contributed by atoms with Gasteiger partial charge in [0.05, 0.1) is 0 Å². The predicted octanol–water partition coefficient (Wildman–Crippen LogP) is 3.47. The van der Waals surface area contributed by atoms with Crippen LogP contribution in [0.4, 0.5) is 0 Å². The average molecular weight is 284 g/mol. The second-order valence-electron chi connectivity index (χ2n) is 3.17. The van der Waals surface area contributed by atoms with Gasteiger partial charge in [-0.15, -0.1) is 6.58 Å². The van der Waals surface area contributed by atoms with Gasteiger partial charge in [-0.05, 0) is 37.5 Å². The lowest BCUT2D eigenvalue weighted by molar-refractivity contribution is 0.338. The summed E-state index contributed by atoms with van der Waals surface area (Å²) in [4.78, 5) is 0. The van der Waals surface area contributed by atoms with E-state index in [1.807, 2.05) is 0 Å². The Morgan fingerprint density at radius 3 is 2.18 bits per heavy atom. The van der Waals surface area contributed by atoms with Crippen molar-refractivity contribution in [2.24, 2.45) is 11.8 Å². The number of allylic oxidation sites excluding steroid dienone is 1. The molecule has 0 nitrogen and oxygen atoms in total. The molecule has 0 saturated heterocycles. The zero-order chi connectivity index (χ0) is 7.40. The highest BCUT2D eigenvalue weighted by Crippen LogP contribution is 2.30. The van der Waals surface area contributed by atoms with Crippen molar-refractivity contribution in [3.63, 3.8) is 0 Å². The van der Waals surface area contributed by atoms with Crippen LogP contribution in [0.15, 0.2) is 12.7 Å². The third-order valence-corrected chi connectivity index (χ3v) is 3.69. The van der Waals surface area contributed by atoms with Gasteiger partial charge in [0.2, 0.25) is 0 Å². The lowest BCUT2D eigenvalue weighted by atomic mass is 9.83. The van der Waals surface area contributed by atoms with E-state index >= 15 is 0 Å². The molecule has 1 unspecified atom stereocenters. The van der Waals surface area contributed by atoms with Gasteiger partial charge < -0.3 is 0 Å². The van der Waals surface area contributed by atoms with Crippen LogP contribution in [-0.2, 0) is 0 Å². The molecule has 0 spiro atoms. The van der Waals surface area contributed by atoms with Crippen molar-refractivity contribution >= 4 is 32.5 Å². The highest BCUT2D eigenvalue weighted by Gasteiger charge is 2.17. The van der Waals surface area contributed by atoms with E-state index in [9.17, 15) is 0 Å². The fourth-order valence-electron chi connectivity index (χ4n) is 1.58. The molecule has 0 N–H and O–H groups in total. The Bertz CT molecular complexity index is 106. The highest BCUT2D eigenvalue weighted by atomic mass is 127. The fraction of sp³-hybridized carbons (Fsp3) is 0.778. The molecule has 0 heterocycles. The lowest BCUT2D eigenvalue weighted by Crippen LogP contribution is -2.13. The van der Waals surface area contributed by atoms with Gasteiger partial charge in [0, 0.05) is 4.43 Å². The van der Waals surface area contributed by atoms with Crippen molar-refractivity contribution in [1.82, 2.24) is 0 Å². The largest absolute Gasteiger partial charge is 0.153 e. The van der Waals surface area contributed by atoms with Gasteiger partial charge in [0.1, 0.15) is 0 Å². The Morgan fingerprint density at radius 1 is 1.27 bits per heavy atom. The van der Waals surface area contributed by atoms with Crippen LogP contribution in [0.3, 0.4) is 0 Å². The second kappa shape index (κ2) is 6.42. The SMILES string of the molecule is C=CC1CCC(CI)CC1.P. The van der Waals surface area contributed by atoms with Crippen LogP contribution in [-0.4, -0.2) is 4.43 Å². The summed E-state index contributed by atoms with van der Waals surface area (Å²) in [5, 5.41) is 0. The van der Waals surface area contributed by atoms with E-state index in [2.05, 4.69) is 35.2 Å². The molecule has 2 heteroatoms. The van der Waals surface area contributed by atoms with Crippen molar-refractivity contribution in [3.05, 3.63) is 12.7 Å². The summed E-state index contributed by atoms with van der Waals surface area (Å²) < 4.78 is 1.35. The molecule has 0 aliphatic heterocycles. The summed E-state index contributed by atoms with van der Waals surface area (Å²) in [6.07, 6.45) is 7.76. The molecular formula is C9H18IP. The Hall–Kier alpha value is 0.900. The van der Waals surface area contributed by atoms with Crippen LogP contribution < -0.4 is 0 Å². The van der Waals surface area contributed by atoms with Crippen LogP contribution in [0.2, 0.25) is 0 Å². The van der Waals surface area contributed by atoms with E-state index in [0.29, 0.717) is 0 Å². The number of hydrogen-bond acceptors (Lipinski definition) is 0. The molecule has 0 aromatic rings. The minimum atomic E-state index is 0. The van der Waals surface area contributed by atoms with Gasteiger partial charge >= 0.3 is 0 Å². The minimum Gasteiger partial charge on any atom is -0.153 e. The number of alkyl halides is 1. The Balaban J connectivity index is 0.000001000. The van der Waals surface area contributed by atoms with Crippen LogP contribution >= 0.6 is 32.5 Å².